The zero-order valence-corrected chi connectivity index (χ0v) is 13.6. The van der Waals surface area contributed by atoms with Crippen molar-refractivity contribution in [2.75, 3.05) is 33.9 Å². The summed E-state index contributed by atoms with van der Waals surface area (Å²) in [5, 5.41) is 2.37. The first kappa shape index (κ1) is 18.5. The van der Waals surface area contributed by atoms with Gasteiger partial charge in [0.05, 0.1) is 19.6 Å². The molecule has 2 amide bonds. The van der Waals surface area contributed by atoms with Crippen molar-refractivity contribution in [1.29, 1.82) is 0 Å². The standard InChI is InChI=1S/C16H22N2O5/c1-12-4-6-13(7-5-12)22-9-8-16(21)23-11-14(19)17-10-15(20)18(2)3/h4-7H,8-11H2,1-3H3,(H,17,19). The Balaban J connectivity index is 2.15. The average molecular weight is 322 g/mol. The van der Waals surface area contributed by atoms with Crippen molar-refractivity contribution >= 4 is 17.8 Å². The highest BCUT2D eigenvalue weighted by molar-refractivity contribution is 5.86. The first-order chi connectivity index (χ1) is 10.9. The van der Waals surface area contributed by atoms with Crippen LogP contribution in [0.15, 0.2) is 24.3 Å². The fraction of sp³-hybridized carbons (Fsp3) is 0.438. The molecule has 1 rings (SSSR count). The summed E-state index contributed by atoms with van der Waals surface area (Å²) in [5.74, 6) is -0.626. The lowest BCUT2D eigenvalue weighted by Crippen LogP contribution is -2.38. The Bertz CT molecular complexity index is 540. The van der Waals surface area contributed by atoms with Crippen LogP contribution in [0.1, 0.15) is 12.0 Å². The summed E-state index contributed by atoms with van der Waals surface area (Å²) in [6.07, 6.45) is 0.0395. The topological polar surface area (TPSA) is 84.9 Å². The fourth-order valence-corrected chi connectivity index (χ4v) is 1.49. The van der Waals surface area contributed by atoms with E-state index in [9.17, 15) is 14.4 Å². The molecule has 0 saturated heterocycles. The Morgan fingerprint density at radius 2 is 1.78 bits per heavy atom. The second-order valence-electron chi connectivity index (χ2n) is 5.14. The molecule has 0 unspecified atom stereocenters. The van der Waals surface area contributed by atoms with Gasteiger partial charge in [-0.2, -0.15) is 0 Å². The van der Waals surface area contributed by atoms with Gasteiger partial charge < -0.3 is 19.7 Å². The largest absolute Gasteiger partial charge is 0.493 e. The summed E-state index contributed by atoms with van der Waals surface area (Å²) < 4.78 is 10.2. The molecule has 0 fully saturated rings. The number of likely N-dealkylation sites (N-methyl/N-ethyl adjacent to an activating group) is 1. The van der Waals surface area contributed by atoms with Gasteiger partial charge in [0, 0.05) is 14.1 Å². The van der Waals surface area contributed by atoms with Crippen LogP contribution in [-0.4, -0.2) is 56.5 Å². The van der Waals surface area contributed by atoms with Crippen molar-refractivity contribution in [1.82, 2.24) is 10.2 Å². The van der Waals surface area contributed by atoms with Gasteiger partial charge in [-0.1, -0.05) is 17.7 Å². The van der Waals surface area contributed by atoms with E-state index < -0.39 is 18.5 Å². The van der Waals surface area contributed by atoms with E-state index in [2.05, 4.69) is 5.32 Å². The van der Waals surface area contributed by atoms with E-state index in [1.807, 2.05) is 31.2 Å². The molecule has 0 heterocycles. The van der Waals surface area contributed by atoms with Gasteiger partial charge in [0.1, 0.15) is 5.75 Å². The smallest absolute Gasteiger partial charge is 0.309 e. The SMILES string of the molecule is Cc1ccc(OCCC(=O)OCC(=O)NCC(=O)N(C)C)cc1. The number of hydrogen-bond donors (Lipinski definition) is 1. The molecule has 7 heteroatoms. The highest BCUT2D eigenvalue weighted by Crippen LogP contribution is 2.11. The fourth-order valence-electron chi connectivity index (χ4n) is 1.49. The second kappa shape index (κ2) is 9.45. The quantitative estimate of drug-likeness (QED) is 0.705. The first-order valence-corrected chi connectivity index (χ1v) is 7.20. The van der Waals surface area contributed by atoms with Gasteiger partial charge in [0.25, 0.3) is 5.91 Å². The number of esters is 1. The van der Waals surface area contributed by atoms with Crippen LogP contribution in [0.25, 0.3) is 0 Å². The number of rotatable bonds is 8. The van der Waals surface area contributed by atoms with E-state index in [0.717, 1.165) is 5.56 Å². The van der Waals surface area contributed by atoms with E-state index >= 15 is 0 Å². The van der Waals surface area contributed by atoms with Gasteiger partial charge in [0.2, 0.25) is 5.91 Å². The lowest BCUT2D eigenvalue weighted by molar-refractivity contribution is -0.149. The predicted octanol–water partition coefficient (Wildman–Crippen LogP) is 0.512. The van der Waals surface area contributed by atoms with Crippen molar-refractivity contribution < 1.29 is 23.9 Å². The Morgan fingerprint density at radius 3 is 2.39 bits per heavy atom. The molecular formula is C16H22N2O5. The molecule has 0 aliphatic carbocycles. The molecule has 23 heavy (non-hydrogen) atoms. The van der Waals surface area contributed by atoms with Crippen LogP contribution in [0.4, 0.5) is 0 Å². The number of aryl methyl sites for hydroxylation is 1. The summed E-state index contributed by atoms with van der Waals surface area (Å²) in [7, 11) is 3.17. The Labute approximate surface area is 135 Å². The molecule has 126 valence electrons. The van der Waals surface area contributed by atoms with Crippen LogP contribution in [0.2, 0.25) is 0 Å². The Kier molecular flexibility index (Phi) is 7.59. The number of carbonyl (C=O) groups is 3. The Hall–Kier alpha value is -2.57. The summed E-state index contributed by atoms with van der Waals surface area (Å²) in [4.78, 5) is 35.5. The second-order valence-corrected chi connectivity index (χ2v) is 5.14. The number of amides is 2. The van der Waals surface area contributed by atoms with Crippen LogP contribution in [-0.2, 0) is 19.1 Å². The van der Waals surface area contributed by atoms with E-state index in [1.54, 1.807) is 14.1 Å². The van der Waals surface area contributed by atoms with E-state index in [-0.39, 0.29) is 25.5 Å². The highest BCUT2D eigenvalue weighted by atomic mass is 16.5. The minimum absolute atomic E-state index is 0.0395. The van der Waals surface area contributed by atoms with Crippen molar-refractivity contribution in [3.63, 3.8) is 0 Å². The minimum atomic E-state index is -0.536. The van der Waals surface area contributed by atoms with E-state index in [4.69, 9.17) is 9.47 Å². The highest BCUT2D eigenvalue weighted by Gasteiger charge is 2.10. The average Bonchev–Trinajstić information content (AvgIpc) is 2.52. The third-order valence-electron chi connectivity index (χ3n) is 2.90. The maximum Gasteiger partial charge on any atom is 0.309 e. The van der Waals surface area contributed by atoms with Gasteiger partial charge in [-0.25, -0.2) is 0 Å². The van der Waals surface area contributed by atoms with Crippen LogP contribution in [0.5, 0.6) is 5.75 Å². The molecule has 0 spiro atoms. The molecule has 7 nitrogen and oxygen atoms in total. The monoisotopic (exact) mass is 322 g/mol. The molecule has 1 aromatic rings. The number of carbonyl (C=O) groups excluding carboxylic acids is 3. The van der Waals surface area contributed by atoms with Crippen molar-refractivity contribution in [2.24, 2.45) is 0 Å². The molecule has 1 aromatic carbocycles. The lowest BCUT2D eigenvalue weighted by atomic mass is 10.2. The molecule has 0 saturated carbocycles. The first-order valence-electron chi connectivity index (χ1n) is 7.20. The molecule has 0 bridgehead atoms. The molecule has 0 aliphatic heterocycles. The minimum Gasteiger partial charge on any atom is -0.493 e. The summed E-state index contributed by atoms with van der Waals surface area (Å²) in [6.45, 7) is 1.60. The van der Waals surface area contributed by atoms with Gasteiger partial charge in [-0.3, -0.25) is 14.4 Å². The number of nitrogens with one attached hydrogen (secondary N) is 1. The Morgan fingerprint density at radius 1 is 1.13 bits per heavy atom. The number of hydrogen-bond acceptors (Lipinski definition) is 5. The number of ether oxygens (including phenoxy) is 2. The predicted molar refractivity (Wildman–Crippen MR) is 84.0 cm³/mol. The van der Waals surface area contributed by atoms with E-state index in [1.165, 1.54) is 4.90 Å². The van der Waals surface area contributed by atoms with Gasteiger partial charge >= 0.3 is 5.97 Å². The maximum absolute atomic E-state index is 11.5. The number of nitrogens with zero attached hydrogens (tertiary/aromatic N) is 1. The maximum atomic E-state index is 11.5. The molecular weight excluding hydrogens is 300 g/mol. The summed E-state index contributed by atoms with van der Waals surface area (Å²) in [6, 6.07) is 7.45. The van der Waals surface area contributed by atoms with Gasteiger partial charge in [-0.05, 0) is 19.1 Å². The van der Waals surface area contributed by atoms with Crippen LogP contribution in [0, 0.1) is 6.92 Å². The molecule has 0 radical (unpaired) electrons. The summed E-state index contributed by atoms with van der Waals surface area (Å²) in [5.41, 5.74) is 1.12. The van der Waals surface area contributed by atoms with Crippen molar-refractivity contribution in [3.8, 4) is 5.75 Å². The molecule has 0 atom stereocenters. The molecule has 1 N–H and O–H groups in total. The zero-order chi connectivity index (χ0) is 17.2. The van der Waals surface area contributed by atoms with E-state index in [0.29, 0.717) is 5.75 Å². The third kappa shape index (κ3) is 7.85. The van der Waals surface area contributed by atoms with Crippen LogP contribution >= 0.6 is 0 Å². The zero-order valence-electron chi connectivity index (χ0n) is 13.6. The van der Waals surface area contributed by atoms with Gasteiger partial charge in [-0.15, -0.1) is 0 Å². The molecule has 0 aromatic heterocycles. The van der Waals surface area contributed by atoms with Crippen LogP contribution < -0.4 is 10.1 Å². The van der Waals surface area contributed by atoms with Crippen LogP contribution in [0.3, 0.4) is 0 Å². The van der Waals surface area contributed by atoms with Gasteiger partial charge in [0.15, 0.2) is 6.61 Å². The third-order valence-corrected chi connectivity index (χ3v) is 2.90. The van der Waals surface area contributed by atoms with Crippen molar-refractivity contribution in [3.05, 3.63) is 29.8 Å². The summed E-state index contributed by atoms with van der Waals surface area (Å²) >= 11 is 0. The lowest BCUT2D eigenvalue weighted by Gasteiger charge is -2.11. The number of benzene rings is 1. The van der Waals surface area contributed by atoms with Crippen molar-refractivity contribution in [2.45, 2.75) is 13.3 Å². The normalized spacial score (nSPS) is 9.87. The molecule has 0 aliphatic rings.